The Balaban J connectivity index is 2.31. The lowest BCUT2D eigenvalue weighted by Gasteiger charge is -2.19. The molecule has 0 radical (unpaired) electrons. The van der Waals surface area contributed by atoms with Crippen LogP contribution in [-0.4, -0.2) is 11.2 Å². The van der Waals surface area contributed by atoms with E-state index >= 15 is 0 Å². The molecule has 0 aromatic carbocycles. The second-order valence-corrected chi connectivity index (χ2v) is 4.46. The smallest absolute Gasteiger partial charge is 0.0568 e. The van der Waals surface area contributed by atoms with Gasteiger partial charge in [0.1, 0.15) is 0 Å². The molecule has 0 heterocycles. The van der Waals surface area contributed by atoms with E-state index in [0.717, 1.165) is 19.3 Å². The van der Waals surface area contributed by atoms with Gasteiger partial charge in [-0.15, -0.1) is 6.58 Å². The van der Waals surface area contributed by atoms with Gasteiger partial charge in [0.05, 0.1) is 6.10 Å². The van der Waals surface area contributed by atoms with E-state index in [1.165, 1.54) is 31.3 Å². The van der Waals surface area contributed by atoms with Gasteiger partial charge >= 0.3 is 0 Å². The zero-order valence-corrected chi connectivity index (χ0v) is 8.76. The summed E-state index contributed by atoms with van der Waals surface area (Å²) in [5.41, 5.74) is 1.25. The number of aliphatic hydroxyl groups is 1. The minimum Gasteiger partial charge on any atom is -0.393 e. The molecule has 1 aliphatic rings. The SMILES string of the molecule is C=C(C)CCC1CCCCCC1O. The van der Waals surface area contributed by atoms with Crippen molar-refractivity contribution in [1.29, 1.82) is 0 Å². The van der Waals surface area contributed by atoms with Gasteiger partial charge in [0.2, 0.25) is 0 Å². The fourth-order valence-electron chi connectivity index (χ4n) is 2.13. The van der Waals surface area contributed by atoms with Crippen molar-refractivity contribution in [2.24, 2.45) is 5.92 Å². The minimum atomic E-state index is -0.0400. The molecule has 0 saturated heterocycles. The Hall–Kier alpha value is -0.300. The maximum atomic E-state index is 9.83. The molecule has 0 aromatic rings. The Morgan fingerprint density at radius 2 is 2.00 bits per heavy atom. The first-order valence-corrected chi connectivity index (χ1v) is 5.52. The largest absolute Gasteiger partial charge is 0.393 e. The van der Waals surface area contributed by atoms with Crippen LogP contribution in [0.3, 0.4) is 0 Å². The van der Waals surface area contributed by atoms with E-state index in [-0.39, 0.29) is 6.10 Å². The summed E-state index contributed by atoms with van der Waals surface area (Å²) in [7, 11) is 0. The van der Waals surface area contributed by atoms with Crippen molar-refractivity contribution in [2.75, 3.05) is 0 Å². The fraction of sp³-hybridized carbons (Fsp3) is 0.833. The lowest BCUT2D eigenvalue weighted by molar-refractivity contribution is 0.0960. The summed E-state index contributed by atoms with van der Waals surface area (Å²) in [6.45, 7) is 5.98. The van der Waals surface area contributed by atoms with E-state index in [4.69, 9.17) is 0 Å². The molecule has 1 saturated carbocycles. The lowest BCUT2D eigenvalue weighted by atomic mass is 9.91. The molecule has 1 rings (SSSR count). The highest BCUT2D eigenvalue weighted by Gasteiger charge is 2.20. The maximum Gasteiger partial charge on any atom is 0.0568 e. The highest BCUT2D eigenvalue weighted by atomic mass is 16.3. The molecule has 0 spiro atoms. The first kappa shape index (κ1) is 10.8. The van der Waals surface area contributed by atoms with Crippen LogP contribution >= 0.6 is 0 Å². The molecule has 13 heavy (non-hydrogen) atoms. The third kappa shape index (κ3) is 3.95. The average Bonchev–Trinajstić information content (AvgIpc) is 2.27. The van der Waals surface area contributed by atoms with Gasteiger partial charge in [0.15, 0.2) is 0 Å². The quantitative estimate of drug-likeness (QED) is 0.524. The van der Waals surface area contributed by atoms with Crippen LogP contribution in [0.4, 0.5) is 0 Å². The van der Waals surface area contributed by atoms with E-state index in [1.807, 2.05) is 0 Å². The predicted molar refractivity (Wildman–Crippen MR) is 56.6 cm³/mol. The van der Waals surface area contributed by atoms with Crippen molar-refractivity contribution in [1.82, 2.24) is 0 Å². The Labute approximate surface area is 81.9 Å². The van der Waals surface area contributed by atoms with Gasteiger partial charge in [-0.3, -0.25) is 0 Å². The topological polar surface area (TPSA) is 20.2 Å². The van der Waals surface area contributed by atoms with E-state index < -0.39 is 0 Å². The molecule has 1 aliphatic carbocycles. The van der Waals surface area contributed by atoms with Crippen molar-refractivity contribution in [2.45, 2.75) is 58.0 Å². The Morgan fingerprint density at radius 3 is 2.69 bits per heavy atom. The zero-order chi connectivity index (χ0) is 9.68. The summed E-state index contributed by atoms with van der Waals surface area (Å²) in [4.78, 5) is 0. The van der Waals surface area contributed by atoms with Gasteiger partial charge < -0.3 is 5.11 Å². The predicted octanol–water partition coefficient (Wildman–Crippen LogP) is 3.28. The van der Waals surface area contributed by atoms with Crippen LogP contribution in [0.1, 0.15) is 51.9 Å². The standard InChI is InChI=1S/C12H22O/c1-10(2)8-9-11-6-4-3-5-7-12(11)13/h11-13H,1,3-9H2,2H3. The van der Waals surface area contributed by atoms with Gasteiger partial charge in [-0.1, -0.05) is 24.8 Å². The van der Waals surface area contributed by atoms with Crippen LogP contribution in [0.2, 0.25) is 0 Å². The fourth-order valence-corrected chi connectivity index (χ4v) is 2.13. The summed E-state index contributed by atoms with van der Waals surface area (Å²) in [6, 6.07) is 0. The zero-order valence-electron chi connectivity index (χ0n) is 8.76. The summed E-state index contributed by atoms with van der Waals surface area (Å²) in [6.07, 6.45) is 8.23. The highest BCUT2D eigenvalue weighted by molar-refractivity contribution is 4.89. The monoisotopic (exact) mass is 182 g/mol. The molecular weight excluding hydrogens is 160 g/mol. The number of hydrogen-bond donors (Lipinski definition) is 1. The molecule has 0 bridgehead atoms. The van der Waals surface area contributed by atoms with Crippen LogP contribution in [0.15, 0.2) is 12.2 Å². The number of aliphatic hydroxyl groups excluding tert-OH is 1. The summed E-state index contributed by atoms with van der Waals surface area (Å²) < 4.78 is 0. The lowest BCUT2D eigenvalue weighted by Crippen LogP contribution is -2.18. The Bertz CT molecular complexity index is 163. The molecule has 0 aliphatic heterocycles. The average molecular weight is 182 g/mol. The van der Waals surface area contributed by atoms with E-state index in [0.29, 0.717) is 5.92 Å². The second-order valence-electron chi connectivity index (χ2n) is 4.46. The first-order valence-electron chi connectivity index (χ1n) is 5.52. The van der Waals surface area contributed by atoms with Gasteiger partial charge in [-0.2, -0.15) is 0 Å². The van der Waals surface area contributed by atoms with Crippen molar-refractivity contribution in [3.05, 3.63) is 12.2 Å². The molecule has 1 fully saturated rings. The normalized spacial score (nSPS) is 29.7. The summed E-state index contributed by atoms with van der Waals surface area (Å²) in [5.74, 6) is 0.541. The van der Waals surface area contributed by atoms with Gasteiger partial charge in [-0.05, 0) is 38.5 Å². The van der Waals surface area contributed by atoms with Crippen molar-refractivity contribution in [3.8, 4) is 0 Å². The van der Waals surface area contributed by atoms with Crippen molar-refractivity contribution < 1.29 is 5.11 Å². The van der Waals surface area contributed by atoms with E-state index in [9.17, 15) is 5.11 Å². The molecule has 0 amide bonds. The van der Waals surface area contributed by atoms with Crippen LogP contribution < -0.4 is 0 Å². The molecule has 2 unspecified atom stereocenters. The minimum absolute atomic E-state index is 0.0400. The third-order valence-electron chi connectivity index (χ3n) is 3.06. The Morgan fingerprint density at radius 1 is 1.31 bits per heavy atom. The molecule has 1 nitrogen and oxygen atoms in total. The number of rotatable bonds is 3. The second kappa shape index (κ2) is 5.43. The maximum absolute atomic E-state index is 9.83. The Kier molecular flexibility index (Phi) is 4.51. The molecular formula is C12H22O. The molecule has 0 aromatic heterocycles. The number of allylic oxidation sites excluding steroid dienone is 1. The van der Waals surface area contributed by atoms with Crippen molar-refractivity contribution in [3.63, 3.8) is 0 Å². The van der Waals surface area contributed by atoms with Crippen LogP contribution in [0.25, 0.3) is 0 Å². The van der Waals surface area contributed by atoms with Crippen molar-refractivity contribution >= 4 is 0 Å². The van der Waals surface area contributed by atoms with E-state index in [2.05, 4.69) is 13.5 Å². The molecule has 1 heteroatoms. The molecule has 1 N–H and O–H groups in total. The third-order valence-corrected chi connectivity index (χ3v) is 3.06. The molecule has 76 valence electrons. The summed E-state index contributed by atoms with van der Waals surface area (Å²) in [5, 5.41) is 9.83. The number of hydrogen-bond acceptors (Lipinski definition) is 1. The van der Waals surface area contributed by atoms with Crippen LogP contribution in [0.5, 0.6) is 0 Å². The van der Waals surface area contributed by atoms with Gasteiger partial charge in [0.25, 0.3) is 0 Å². The highest BCUT2D eigenvalue weighted by Crippen LogP contribution is 2.27. The van der Waals surface area contributed by atoms with Gasteiger partial charge in [0, 0.05) is 0 Å². The molecule has 2 atom stereocenters. The first-order chi connectivity index (χ1) is 6.20. The van der Waals surface area contributed by atoms with Gasteiger partial charge in [-0.25, -0.2) is 0 Å². The summed E-state index contributed by atoms with van der Waals surface area (Å²) >= 11 is 0. The van der Waals surface area contributed by atoms with E-state index in [1.54, 1.807) is 0 Å². The van der Waals surface area contributed by atoms with Crippen LogP contribution in [-0.2, 0) is 0 Å². The van der Waals surface area contributed by atoms with Crippen LogP contribution in [0, 0.1) is 5.92 Å².